The number of benzene rings is 2. The van der Waals surface area contributed by atoms with Crippen LogP contribution < -0.4 is 14.4 Å². The van der Waals surface area contributed by atoms with Gasteiger partial charge in [0.25, 0.3) is 0 Å². The first-order chi connectivity index (χ1) is 11.6. The van der Waals surface area contributed by atoms with E-state index in [4.69, 9.17) is 9.47 Å². The van der Waals surface area contributed by atoms with Gasteiger partial charge < -0.3 is 14.4 Å². The lowest BCUT2D eigenvalue weighted by Gasteiger charge is -2.18. The van der Waals surface area contributed by atoms with Crippen molar-refractivity contribution < 1.29 is 19.1 Å². The van der Waals surface area contributed by atoms with Gasteiger partial charge in [0.15, 0.2) is 0 Å². The van der Waals surface area contributed by atoms with Crippen LogP contribution in [0.15, 0.2) is 48.5 Å². The number of rotatable bonds is 4. The van der Waals surface area contributed by atoms with Gasteiger partial charge in [0.1, 0.15) is 11.5 Å². The molecule has 0 aromatic heterocycles. The van der Waals surface area contributed by atoms with Crippen molar-refractivity contribution in [3.63, 3.8) is 0 Å². The molecule has 1 aliphatic rings. The largest absolute Gasteiger partial charge is 0.497 e. The van der Waals surface area contributed by atoms with Gasteiger partial charge in [0.05, 0.1) is 13.0 Å². The first kappa shape index (κ1) is 16.1. The fraction of sp³-hybridized carbons (Fsp3) is 0.263. The van der Waals surface area contributed by atoms with Crippen LogP contribution >= 0.6 is 0 Å². The second-order valence-electron chi connectivity index (χ2n) is 5.79. The van der Waals surface area contributed by atoms with E-state index in [9.17, 15) is 9.59 Å². The Hall–Kier alpha value is -2.82. The van der Waals surface area contributed by atoms with E-state index < -0.39 is 5.92 Å². The number of para-hydroxylation sites is 1. The first-order valence-corrected chi connectivity index (χ1v) is 7.80. The molecule has 0 spiro atoms. The van der Waals surface area contributed by atoms with Gasteiger partial charge in [-0.1, -0.05) is 18.2 Å². The third-order valence-corrected chi connectivity index (χ3v) is 4.14. The van der Waals surface area contributed by atoms with Crippen molar-refractivity contribution in [3.05, 3.63) is 54.1 Å². The quantitative estimate of drug-likeness (QED) is 0.640. The zero-order valence-electron chi connectivity index (χ0n) is 13.7. The summed E-state index contributed by atoms with van der Waals surface area (Å²) in [6.07, 6.45) is 0.170. The van der Waals surface area contributed by atoms with E-state index in [1.807, 2.05) is 31.2 Å². The Morgan fingerprint density at radius 3 is 2.42 bits per heavy atom. The molecule has 1 aliphatic heterocycles. The molecule has 2 aromatic carbocycles. The number of amides is 1. The molecule has 1 heterocycles. The summed E-state index contributed by atoms with van der Waals surface area (Å²) >= 11 is 0. The molecule has 0 radical (unpaired) electrons. The molecule has 5 heteroatoms. The summed E-state index contributed by atoms with van der Waals surface area (Å²) in [5.41, 5.74) is 1.86. The third kappa shape index (κ3) is 3.25. The predicted octanol–water partition coefficient (Wildman–Crippen LogP) is 2.96. The molecule has 0 saturated carbocycles. The summed E-state index contributed by atoms with van der Waals surface area (Å²) in [5, 5.41) is 0. The SMILES string of the molecule is COc1ccc(OC(=O)[C@@H]2CC(=O)N(c3ccccc3C)C2)cc1. The lowest BCUT2D eigenvalue weighted by Crippen LogP contribution is -2.27. The number of anilines is 1. The molecule has 24 heavy (non-hydrogen) atoms. The third-order valence-electron chi connectivity index (χ3n) is 4.14. The monoisotopic (exact) mass is 325 g/mol. The van der Waals surface area contributed by atoms with Gasteiger partial charge in [0, 0.05) is 18.7 Å². The van der Waals surface area contributed by atoms with Gasteiger partial charge in [-0.2, -0.15) is 0 Å². The van der Waals surface area contributed by atoms with Crippen LogP contribution in [0.4, 0.5) is 5.69 Å². The highest BCUT2D eigenvalue weighted by Gasteiger charge is 2.36. The Balaban J connectivity index is 1.68. The molecule has 1 amide bonds. The standard InChI is InChI=1S/C19H19NO4/c1-13-5-3-4-6-17(13)20-12-14(11-18(20)21)19(22)24-16-9-7-15(23-2)8-10-16/h3-10,14H,11-12H2,1-2H3/t14-/m1/s1. The van der Waals surface area contributed by atoms with Crippen molar-refractivity contribution in [2.24, 2.45) is 5.92 Å². The molecule has 1 saturated heterocycles. The molecular formula is C19H19NO4. The molecule has 1 fully saturated rings. The maximum atomic E-state index is 12.3. The zero-order chi connectivity index (χ0) is 17.1. The minimum Gasteiger partial charge on any atom is -0.497 e. The van der Waals surface area contributed by atoms with Crippen LogP contribution in [0.5, 0.6) is 11.5 Å². The molecule has 124 valence electrons. The summed E-state index contributed by atoms with van der Waals surface area (Å²) in [4.78, 5) is 26.3. The number of carbonyl (C=O) groups excluding carboxylic acids is 2. The lowest BCUT2D eigenvalue weighted by atomic mass is 10.1. The van der Waals surface area contributed by atoms with Crippen LogP contribution in [0.2, 0.25) is 0 Å². The summed E-state index contributed by atoms with van der Waals surface area (Å²) in [7, 11) is 1.57. The van der Waals surface area contributed by atoms with E-state index in [0.717, 1.165) is 11.3 Å². The molecule has 1 atom stereocenters. The second-order valence-corrected chi connectivity index (χ2v) is 5.79. The van der Waals surface area contributed by atoms with E-state index in [1.165, 1.54) is 0 Å². The summed E-state index contributed by atoms with van der Waals surface area (Å²) < 4.78 is 10.5. The molecular weight excluding hydrogens is 306 g/mol. The Morgan fingerprint density at radius 2 is 1.75 bits per heavy atom. The number of hydrogen-bond donors (Lipinski definition) is 0. The molecule has 0 N–H and O–H groups in total. The normalized spacial score (nSPS) is 17.0. The Kier molecular flexibility index (Phi) is 4.51. The van der Waals surface area contributed by atoms with Gasteiger partial charge in [-0.15, -0.1) is 0 Å². The molecule has 0 aliphatic carbocycles. The van der Waals surface area contributed by atoms with Gasteiger partial charge in [0.2, 0.25) is 5.91 Å². The summed E-state index contributed by atoms with van der Waals surface area (Å²) in [6, 6.07) is 14.5. The van der Waals surface area contributed by atoms with Crippen LogP contribution in [0.3, 0.4) is 0 Å². The number of esters is 1. The minimum absolute atomic E-state index is 0.0546. The Labute approximate surface area is 140 Å². The molecule has 5 nitrogen and oxygen atoms in total. The van der Waals surface area contributed by atoms with Crippen molar-refractivity contribution >= 4 is 17.6 Å². The highest BCUT2D eigenvalue weighted by Crippen LogP contribution is 2.29. The zero-order valence-corrected chi connectivity index (χ0v) is 13.7. The van der Waals surface area contributed by atoms with Crippen molar-refractivity contribution in [2.45, 2.75) is 13.3 Å². The molecule has 0 unspecified atom stereocenters. The van der Waals surface area contributed by atoms with Gasteiger partial charge in [-0.25, -0.2) is 0 Å². The minimum atomic E-state index is -0.459. The average Bonchev–Trinajstić information content (AvgIpc) is 2.98. The molecule has 0 bridgehead atoms. The Morgan fingerprint density at radius 1 is 1.08 bits per heavy atom. The van der Waals surface area contributed by atoms with Crippen LogP contribution in [0.1, 0.15) is 12.0 Å². The lowest BCUT2D eigenvalue weighted by molar-refractivity contribution is -0.139. The fourth-order valence-electron chi connectivity index (χ4n) is 2.81. The van der Waals surface area contributed by atoms with E-state index >= 15 is 0 Å². The first-order valence-electron chi connectivity index (χ1n) is 7.80. The van der Waals surface area contributed by atoms with Crippen molar-refractivity contribution in [2.75, 3.05) is 18.6 Å². The fourth-order valence-corrected chi connectivity index (χ4v) is 2.81. The number of hydrogen-bond acceptors (Lipinski definition) is 4. The number of ether oxygens (including phenoxy) is 2. The number of carbonyl (C=O) groups is 2. The number of nitrogens with zero attached hydrogens (tertiary/aromatic N) is 1. The van der Waals surface area contributed by atoms with Crippen molar-refractivity contribution in [3.8, 4) is 11.5 Å². The van der Waals surface area contributed by atoms with E-state index in [2.05, 4.69) is 0 Å². The van der Waals surface area contributed by atoms with Crippen molar-refractivity contribution in [1.29, 1.82) is 0 Å². The van der Waals surface area contributed by atoms with Crippen molar-refractivity contribution in [1.82, 2.24) is 0 Å². The number of aryl methyl sites for hydroxylation is 1. The number of methoxy groups -OCH3 is 1. The summed E-state index contributed by atoms with van der Waals surface area (Å²) in [5.74, 6) is 0.240. The highest BCUT2D eigenvalue weighted by molar-refractivity contribution is 6.00. The highest BCUT2D eigenvalue weighted by atomic mass is 16.5. The molecule has 2 aromatic rings. The van der Waals surface area contributed by atoms with Crippen LogP contribution in [-0.4, -0.2) is 25.5 Å². The van der Waals surface area contributed by atoms with Crippen LogP contribution in [0, 0.1) is 12.8 Å². The van der Waals surface area contributed by atoms with E-state index in [1.54, 1.807) is 36.3 Å². The van der Waals surface area contributed by atoms with E-state index in [0.29, 0.717) is 18.0 Å². The summed E-state index contributed by atoms with van der Waals surface area (Å²) in [6.45, 7) is 2.30. The predicted molar refractivity (Wildman–Crippen MR) is 90.3 cm³/mol. The maximum Gasteiger partial charge on any atom is 0.316 e. The average molecular weight is 325 g/mol. The molecule has 3 rings (SSSR count). The van der Waals surface area contributed by atoms with Gasteiger partial charge in [-0.05, 0) is 42.8 Å². The van der Waals surface area contributed by atoms with E-state index in [-0.39, 0.29) is 18.3 Å². The Bertz CT molecular complexity index is 754. The van der Waals surface area contributed by atoms with Crippen LogP contribution in [-0.2, 0) is 9.59 Å². The van der Waals surface area contributed by atoms with Gasteiger partial charge >= 0.3 is 5.97 Å². The smallest absolute Gasteiger partial charge is 0.316 e. The second kappa shape index (κ2) is 6.74. The maximum absolute atomic E-state index is 12.3. The van der Waals surface area contributed by atoms with Crippen LogP contribution in [0.25, 0.3) is 0 Å². The topological polar surface area (TPSA) is 55.8 Å². The van der Waals surface area contributed by atoms with Gasteiger partial charge in [-0.3, -0.25) is 9.59 Å².